The van der Waals surface area contributed by atoms with Crippen molar-refractivity contribution >= 4 is 22.0 Å². The molecule has 3 fully saturated rings. The third-order valence-electron chi connectivity index (χ3n) is 6.05. The van der Waals surface area contributed by atoms with E-state index in [-0.39, 0.29) is 24.8 Å². The fourth-order valence-electron chi connectivity index (χ4n) is 4.47. The number of carboxylic acids is 1. The van der Waals surface area contributed by atoms with Gasteiger partial charge in [0.1, 0.15) is 0 Å². The molecule has 1 N–H and O–H groups in total. The first-order valence-corrected chi connectivity index (χ1v) is 9.66. The maximum Gasteiger partial charge on any atom is 0.312 e. The normalized spacial score (nSPS) is 33.0. The van der Waals surface area contributed by atoms with E-state index in [1.807, 2.05) is 0 Å². The van der Waals surface area contributed by atoms with Crippen molar-refractivity contribution in [2.45, 2.75) is 38.5 Å². The van der Waals surface area contributed by atoms with Gasteiger partial charge in [-0.2, -0.15) is 0 Å². The summed E-state index contributed by atoms with van der Waals surface area (Å²) in [6.07, 6.45) is 3.95. The van der Waals surface area contributed by atoms with Gasteiger partial charge in [0.05, 0.1) is 23.7 Å². The van der Waals surface area contributed by atoms with Gasteiger partial charge < -0.3 is 9.84 Å². The number of rotatable bonds is 5. The molecular weight excluding hydrogens is 322 g/mol. The van der Waals surface area contributed by atoms with E-state index in [1.165, 1.54) is 11.4 Å². The van der Waals surface area contributed by atoms with Crippen molar-refractivity contribution in [3.05, 3.63) is 0 Å². The molecule has 1 aliphatic heterocycles. The summed E-state index contributed by atoms with van der Waals surface area (Å²) < 4.78 is 31.6. The minimum absolute atomic E-state index is 0.0343. The number of fused-ring (bicyclic) bond motifs is 1. The highest BCUT2D eigenvalue weighted by atomic mass is 32.2. The molecule has 0 aromatic carbocycles. The number of hydrogen-bond donors (Lipinski definition) is 1. The average Bonchev–Trinajstić information content (AvgIpc) is 3.00. The number of carbonyl (C=O) groups excluding carboxylic acids is 1. The number of aliphatic carboxylic acids is 1. The average molecular weight is 345 g/mol. The SMILES string of the molecule is COC(=O)C1(CS(=O)(=O)N2C[C@@H]3CCC[C@@]3(C(=O)O)C2)CCC1. The molecule has 7 nitrogen and oxygen atoms in total. The third-order valence-corrected chi connectivity index (χ3v) is 8.03. The van der Waals surface area contributed by atoms with Crippen molar-refractivity contribution in [3.8, 4) is 0 Å². The molecule has 0 aromatic rings. The van der Waals surface area contributed by atoms with Crippen LogP contribution in [0.3, 0.4) is 0 Å². The highest BCUT2D eigenvalue weighted by Gasteiger charge is 2.58. The monoisotopic (exact) mass is 345 g/mol. The summed E-state index contributed by atoms with van der Waals surface area (Å²) in [7, 11) is -2.41. The first-order chi connectivity index (χ1) is 10.8. The molecule has 0 unspecified atom stereocenters. The van der Waals surface area contributed by atoms with E-state index in [1.54, 1.807) is 0 Å². The van der Waals surface area contributed by atoms with Crippen molar-refractivity contribution < 1.29 is 27.9 Å². The number of ether oxygens (including phenoxy) is 1. The predicted molar refractivity (Wildman–Crippen MR) is 81.1 cm³/mol. The van der Waals surface area contributed by atoms with Gasteiger partial charge in [-0.25, -0.2) is 12.7 Å². The van der Waals surface area contributed by atoms with Crippen LogP contribution in [0.2, 0.25) is 0 Å². The summed E-state index contributed by atoms with van der Waals surface area (Å²) >= 11 is 0. The van der Waals surface area contributed by atoms with E-state index >= 15 is 0 Å². The van der Waals surface area contributed by atoms with Crippen molar-refractivity contribution in [2.24, 2.45) is 16.7 Å². The smallest absolute Gasteiger partial charge is 0.312 e. The summed E-state index contributed by atoms with van der Waals surface area (Å²) in [6, 6.07) is 0. The van der Waals surface area contributed by atoms with Crippen LogP contribution in [0.5, 0.6) is 0 Å². The minimum atomic E-state index is -3.68. The zero-order chi connectivity index (χ0) is 16.9. The number of carbonyl (C=O) groups is 2. The topological polar surface area (TPSA) is 101 Å². The van der Waals surface area contributed by atoms with Gasteiger partial charge in [0.2, 0.25) is 10.0 Å². The standard InChI is InChI=1S/C15H23NO6S/c1-22-13(19)14(5-3-6-14)10-23(20,21)16-8-11-4-2-7-15(11,9-16)12(17)18/h11H,2-10H2,1H3,(H,17,18)/t11-,15+/m0/s1. The highest BCUT2D eigenvalue weighted by molar-refractivity contribution is 7.89. The van der Waals surface area contributed by atoms with Gasteiger partial charge in [0.15, 0.2) is 0 Å². The second kappa shape index (κ2) is 5.44. The van der Waals surface area contributed by atoms with E-state index in [4.69, 9.17) is 4.74 Å². The first-order valence-electron chi connectivity index (χ1n) is 8.05. The van der Waals surface area contributed by atoms with E-state index in [0.717, 1.165) is 19.3 Å². The number of esters is 1. The molecule has 2 atom stereocenters. The lowest BCUT2D eigenvalue weighted by atomic mass is 9.70. The molecule has 0 amide bonds. The molecule has 1 heterocycles. The second-order valence-electron chi connectivity index (χ2n) is 7.22. The Balaban J connectivity index is 1.79. The Hall–Kier alpha value is -1.15. The largest absolute Gasteiger partial charge is 0.481 e. The van der Waals surface area contributed by atoms with E-state index in [0.29, 0.717) is 19.3 Å². The first kappa shape index (κ1) is 16.7. The summed E-state index contributed by atoms with van der Waals surface area (Å²) in [5.74, 6) is -1.76. The molecule has 8 heteroatoms. The van der Waals surface area contributed by atoms with Crippen molar-refractivity contribution in [1.82, 2.24) is 4.31 Å². The summed E-state index contributed by atoms with van der Waals surface area (Å²) in [5, 5.41) is 9.58. The maximum atomic E-state index is 12.8. The summed E-state index contributed by atoms with van der Waals surface area (Å²) in [6.45, 7) is 0.290. The highest BCUT2D eigenvalue weighted by Crippen LogP contribution is 2.51. The third kappa shape index (κ3) is 2.46. The fraction of sp³-hybridized carbons (Fsp3) is 0.867. The predicted octanol–water partition coefficient (Wildman–Crippen LogP) is 0.846. The van der Waals surface area contributed by atoms with E-state index in [9.17, 15) is 23.1 Å². The fourth-order valence-corrected chi connectivity index (χ4v) is 6.59. The lowest BCUT2D eigenvalue weighted by Crippen LogP contribution is -2.48. The van der Waals surface area contributed by atoms with Crippen LogP contribution in [0.15, 0.2) is 0 Å². The second-order valence-corrected chi connectivity index (χ2v) is 9.19. The van der Waals surface area contributed by atoms with Gasteiger partial charge in [0, 0.05) is 13.1 Å². The molecule has 0 bridgehead atoms. The molecule has 130 valence electrons. The van der Waals surface area contributed by atoms with Crippen LogP contribution in [0.25, 0.3) is 0 Å². The van der Waals surface area contributed by atoms with Gasteiger partial charge >= 0.3 is 11.9 Å². The summed E-state index contributed by atoms with van der Waals surface area (Å²) in [5.41, 5.74) is -1.88. The van der Waals surface area contributed by atoms with Crippen molar-refractivity contribution in [2.75, 3.05) is 26.0 Å². The lowest BCUT2D eigenvalue weighted by molar-refractivity contribution is -0.156. The zero-order valence-electron chi connectivity index (χ0n) is 13.3. The van der Waals surface area contributed by atoms with E-state index < -0.39 is 32.8 Å². The van der Waals surface area contributed by atoms with Crippen LogP contribution < -0.4 is 0 Å². The Morgan fingerprint density at radius 1 is 1.26 bits per heavy atom. The molecule has 1 saturated heterocycles. The van der Waals surface area contributed by atoms with Gasteiger partial charge in [-0.15, -0.1) is 0 Å². The molecule has 0 spiro atoms. The maximum absolute atomic E-state index is 12.8. The Morgan fingerprint density at radius 2 is 1.96 bits per heavy atom. The Bertz CT molecular complexity index is 626. The molecule has 3 aliphatic rings. The quantitative estimate of drug-likeness (QED) is 0.741. The lowest BCUT2D eigenvalue weighted by Gasteiger charge is -2.39. The van der Waals surface area contributed by atoms with Gasteiger partial charge in [-0.1, -0.05) is 12.8 Å². The number of sulfonamides is 1. The van der Waals surface area contributed by atoms with Crippen molar-refractivity contribution in [3.63, 3.8) is 0 Å². The molecule has 2 aliphatic carbocycles. The Labute approximate surface area is 136 Å². The van der Waals surface area contributed by atoms with Crippen LogP contribution >= 0.6 is 0 Å². The minimum Gasteiger partial charge on any atom is -0.481 e. The van der Waals surface area contributed by atoms with Crippen molar-refractivity contribution in [1.29, 1.82) is 0 Å². The van der Waals surface area contributed by atoms with E-state index in [2.05, 4.69) is 0 Å². The zero-order valence-corrected chi connectivity index (χ0v) is 14.1. The number of methoxy groups -OCH3 is 1. The molecule has 0 aromatic heterocycles. The molecular formula is C15H23NO6S. The van der Waals surface area contributed by atoms with Crippen LogP contribution in [0, 0.1) is 16.7 Å². The number of hydrogen-bond acceptors (Lipinski definition) is 5. The van der Waals surface area contributed by atoms with Crippen LogP contribution in [-0.4, -0.2) is 55.7 Å². The number of nitrogens with zero attached hydrogens (tertiary/aromatic N) is 1. The molecule has 2 saturated carbocycles. The van der Waals surface area contributed by atoms with Gasteiger partial charge in [0.25, 0.3) is 0 Å². The Morgan fingerprint density at radius 3 is 2.43 bits per heavy atom. The number of carboxylic acid groups (broad SMARTS) is 1. The molecule has 23 heavy (non-hydrogen) atoms. The Kier molecular flexibility index (Phi) is 3.95. The van der Waals surface area contributed by atoms with Crippen LogP contribution in [0.4, 0.5) is 0 Å². The summed E-state index contributed by atoms with van der Waals surface area (Å²) in [4.78, 5) is 23.7. The van der Waals surface area contributed by atoms with Gasteiger partial charge in [-0.3, -0.25) is 9.59 Å². The van der Waals surface area contributed by atoms with Gasteiger partial charge in [-0.05, 0) is 31.6 Å². The van der Waals surface area contributed by atoms with Crippen LogP contribution in [-0.2, 0) is 24.3 Å². The van der Waals surface area contributed by atoms with Crippen LogP contribution in [0.1, 0.15) is 38.5 Å². The molecule has 3 rings (SSSR count). The molecule has 0 radical (unpaired) electrons.